The van der Waals surface area contributed by atoms with Gasteiger partial charge in [0.25, 0.3) is 11.1 Å². The molecule has 8 nitrogen and oxygen atoms in total. The molecule has 2 aromatic carbocycles. The number of hydrogen-bond donors (Lipinski definition) is 1. The highest BCUT2D eigenvalue weighted by atomic mass is 35.5. The van der Waals surface area contributed by atoms with E-state index in [2.05, 4.69) is 23.7 Å². The summed E-state index contributed by atoms with van der Waals surface area (Å²) in [6.45, 7) is 5.93. The molecule has 3 aromatic rings. The Morgan fingerprint density at radius 3 is 2.66 bits per heavy atom. The molecule has 1 aromatic heterocycles. The number of rotatable bonds is 9. The first kappa shape index (κ1) is 27.5. The number of para-hydroxylation sites is 1. The van der Waals surface area contributed by atoms with Crippen LogP contribution < -0.4 is 5.32 Å². The third-order valence-corrected chi connectivity index (χ3v) is 7.23. The number of imide groups is 1. The molecule has 1 saturated heterocycles. The number of esters is 1. The maximum Gasteiger partial charge on any atom is 0.339 e. The number of nitrogens with one attached hydrogen (secondary N) is 1. The number of unbranched alkanes of at least 4 members (excludes halogenated alkanes) is 1. The molecule has 1 N–H and O–H groups in total. The van der Waals surface area contributed by atoms with E-state index in [0.29, 0.717) is 5.69 Å². The summed E-state index contributed by atoms with van der Waals surface area (Å²) in [5, 5.41) is 3.26. The molecule has 0 spiro atoms. The lowest BCUT2D eigenvalue weighted by Gasteiger charge is -2.13. The van der Waals surface area contributed by atoms with Crippen LogP contribution in [-0.2, 0) is 14.3 Å². The lowest BCUT2D eigenvalue weighted by molar-refractivity contribution is -0.127. The molecule has 10 heteroatoms. The van der Waals surface area contributed by atoms with Crippen molar-refractivity contribution in [1.29, 1.82) is 0 Å². The van der Waals surface area contributed by atoms with Gasteiger partial charge in [-0.15, -0.1) is 0 Å². The molecule has 1 aliphatic rings. The van der Waals surface area contributed by atoms with Gasteiger partial charge in [0, 0.05) is 34.4 Å². The fourth-order valence-corrected chi connectivity index (χ4v) is 5.07. The van der Waals surface area contributed by atoms with Crippen molar-refractivity contribution in [2.45, 2.75) is 39.7 Å². The lowest BCUT2D eigenvalue weighted by Crippen LogP contribution is -2.36. The molecule has 4 rings (SSSR count). The van der Waals surface area contributed by atoms with E-state index >= 15 is 0 Å². The first-order valence-electron chi connectivity index (χ1n) is 12.3. The minimum absolute atomic E-state index is 0.121. The standard InChI is InChI=1S/C28H28ClN3O5S/c1-4-5-12-37-27(35)21-14-19(10-11-22(21)29)30-25(33)16-32-26(34)24(38-28(32)36)13-18-15-31(17(2)3)23-9-7-6-8-20(18)23/h6-11,13-15,17H,4-5,12,16H2,1-3H3,(H,30,33)/b24-13+. The van der Waals surface area contributed by atoms with Crippen LogP contribution >= 0.6 is 23.4 Å². The molecule has 0 unspecified atom stereocenters. The second-order valence-corrected chi connectivity index (χ2v) is 10.5. The summed E-state index contributed by atoms with van der Waals surface area (Å²) < 4.78 is 7.31. The topological polar surface area (TPSA) is 97.7 Å². The molecule has 0 atom stereocenters. The lowest BCUT2D eigenvalue weighted by atomic mass is 10.1. The van der Waals surface area contributed by atoms with Crippen molar-refractivity contribution in [3.8, 4) is 0 Å². The van der Waals surface area contributed by atoms with Crippen LogP contribution in [0.25, 0.3) is 17.0 Å². The number of nitrogens with zero attached hydrogens (tertiary/aromatic N) is 2. The predicted octanol–water partition coefficient (Wildman–Crippen LogP) is 6.51. The third-order valence-electron chi connectivity index (χ3n) is 5.99. The summed E-state index contributed by atoms with van der Waals surface area (Å²) >= 11 is 6.93. The number of halogens is 1. The normalized spacial score (nSPS) is 14.7. The van der Waals surface area contributed by atoms with Crippen LogP contribution in [0.4, 0.5) is 10.5 Å². The summed E-state index contributed by atoms with van der Waals surface area (Å²) in [7, 11) is 0. The molecule has 0 saturated carbocycles. The first-order valence-corrected chi connectivity index (χ1v) is 13.5. The molecular weight excluding hydrogens is 526 g/mol. The molecule has 0 bridgehead atoms. The molecule has 198 valence electrons. The molecule has 1 fully saturated rings. The van der Waals surface area contributed by atoms with E-state index in [9.17, 15) is 19.2 Å². The average Bonchev–Trinajstić information content (AvgIpc) is 3.38. The van der Waals surface area contributed by atoms with Crippen molar-refractivity contribution in [2.24, 2.45) is 0 Å². The second-order valence-electron chi connectivity index (χ2n) is 9.10. The van der Waals surface area contributed by atoms with Crippen LogP contribution in [0.2, 0.25) is 5.02 Å². The summed E-state index contributed by atoms with van der Waals surface area (Å²) in [5.41, 5.74) is 2.27. The maximum absolute atomic E-state index is 13.0. The van der Waals surface area contributed by atoms with Crippen LogP contribution in [-0.4, -0.2) is 45.6 Å². The van der Waals surface area contributed by atoms with Gasteiger partial charge >= 0.3 is 5.97 Å². The first-order chi connectivity index (χ1) is 18.2. The number of ether oxygens (including phenoxy) is 1. The molecule has 38 heavy (non-hydrogen) atoms. The maximum atomic E-state index is 13.0. The summed E-state index contributed by atoms with van der Waals surface area (Å²) in [4.78, 5) is 51.9. The minimum atomic E-state index is -0.588. The Morgan fingerprint density at radius 1 is 1.16 bits per heavy atom. The number of amides is 3. The predicted molar refractivity (Wildman–Crippen MR) is 150 cm³/mol. The number of aromatic nitrogens is 1. The van der Waals surface area contributed by atoms with E-state index in [1.807, 2.05) is 37.4 Å². The summed E-state index contributed by atoms with van der Waals surface area (Å²) in [6.07, 6.45) is 5.26. The Kier molecular flexibility index (Phi) is 8.58. The summed E-state index contributed by atoms with van der Waals surface area (Å²) in [6, 6.07) is 12.5. The zero-order chi connectivity index (χ0) is 27.4. The average molecular weight is 554 g/mol. The van der Waals surface area contributed by atoms with Crippen LogP contribution in [0.1, 0.15) is 55.6 Å². The van der Waals surface area contributed by atoms with E-state index in [0.717, 1.165) is 46.0 Å². The quantitative estimate of drug-likeness (QED) is 0.184. The van der Waals surface area contributed by atoms with Crippen LogP contribution in [0.3, 0.4) is 0 Å². The van der Waals surface area contributed by atoms with Gasteiger partial charge in [0.05, 0.1) is 22.1 Å². The zero-order valence-corrected chi connectivity index (χ0v) is 22.9. The highest BCUT2D eigenvalue weighted by Crippen LogP contribution is 2.34. The third kappa shape index (κ3) is 5.95. The number of hydrogen-bond acceptors (Lipinski definition) is 6. The van der Waals surface area contributed by atoms with Crippen molar-refractivity contribution < 1.29 is 23.9 Å². The molecule has 1 aliphatic heterocycles. The van der Waals surface area contributed by atoms with E-state index in [1.165, 1.54) is 18.2 Å². The molecule has 3 amide bonds. The van der Waals surface area contributed by atoms with Gasteiger partial charge in [-0.1, -0.05) is 43.1 Å². The van der Waals surface area contributed by atoms with Crippen molar-refractivity contribution in [1.82, 2.24) is 9.47 Å². The number of carbonyl (C=O) groups excluding carboxylic acids is 4. The fourth-order valence-electron chi connectivity index (χ4n) is 4.04. The van der Waals surface area contributed by atoms with Crippen molar-refractivity contribution >= 4 is 69.1 Å². The van der Waals surface area contributed by atoms with Gasteiger partial charge in [-0.2, -0.15) is 0 Å². The van der Waals surface area contributed by atoms with E-state index < -0.39 is 29.6 Å². The van der Waals surface area contributed by atoms with E-state index in [1.54, 1.807) is 6.08 Å². The van der Waals surface area contributed by atoms with Gasteiger partial charge in [-0.25, -0.2) is 4.79 Å². The van der Waals surface area contributed by atoms with E-state index in [4.69, 9.17) is 16.3 Å². The SMILES string of the molecule is CCCCOC(=O)c1cc(NC(=O)CN2C(=O)S/C(=C/c3cn(C(C)C)c4ccccc34)C2=O)ccc1Cl. The zero-order valence-electron chi connectivity index (χ0n) is 21.3. The van der Waals surface area contributed by atoms with E-state index in [-0.39, 0.29) is 28.1 Å². The Labute approximate surface area is 229 Å². The highest BCUT2D eigenvalue weighted by Gasteiger charge is 2.36. The molecule has 2 heterocycles. The summed E-state index contributed by atoms with van der Waals surface area (Å²) in [5.74, 6) is -1.71. The van der Waals surface area contributed by atoms with Gasteiger partial charge < -0.3 is 14.6 Å². The fraction of sp³-hybridized carbons (Fsp3) is 0.286. The Morgan fingerprint density at radius 2 is 1.92 bits per heavy atom. The Balaban J connectivity index is 1.47. The second kappa shape index (κ2) is 11.9. The van der Waals surface area contributed by atoms with Gasteiger partial charge in [-0.05, 0) is 62.4 Å². The Hall–Kier alpha value is -3.56. The van der Waals surface area contributed by atoms with Gasteiger partial charge in [0.2, 0.25) is 5.91 Å². The monoisotopic (exact) mass is 553 g/mol. The largest absolute Gasteiger partial charge is 0.462 e. The number of benzene rings is 2. The number of carbonyl (C=O) groups is 4. The number of fused-ring (bicyclic) bond motifs is 1. The van der Waals surface area contributed by atoms with Gasteiger partial charge in [-0.3, -0.25) is 19.3 Å². The highest BCUT2D eigenvalue weighted by molar-refractivity contribution is 8.18. The van der Waals surface area contributed by atoms with Crippen molar-refractivity contribution in [3.63, 3.8) is 0 Å². The van der Waals surface area contributed by atoms with Crippen molar-refractivity contribution in [2.75, 3.05) is 18.5 Å². The van der Waals surface area contributed by atoms with Crippen LogP contribution in [0.5, 0.6) is 0 Å². The molecule has 0 radical (unpaired) electrons. The van der Waals surface area contributed by atoms with Crippen LogP contribution in [0, 0.1) is 0 Å². The number of thioether (sulfide) groups is 1. The van der Waals surface area contributed by atoms with Gasteiger partial charge in [0.15, 0.2) is 0 Å². The van der Waals surface area contributed by atoms with Crippen LogP contribution in [0.15, 0.2) is 53.6 Å². The van der Waals surface area contributed by atoms with Crippen molar-refractivity contribution in [3.05, 3.63) is 69.7 Å². The smallest absolute Gasteiger partial charge is 0.339 e. The Bertz CT molecular complexity index is 1450. The number of anilines is 1. The minimum Gasteiger partial charge on any atom is -0.462 e. The molecular formula is C28H28ClN3O5S. The molecule has 0 aliphatic carbocycles. The van der Waals surface area contributed by atoms with Gasteiger partial charge in [0.1, 0.15) is 6.54 Å².